The highest BCUT2D eigenvalue weighted by Crippen LogP contribution is 2.60. The molecule has 5 rings (SSSR count). The van der Waals surface area contributed by atoms with E-state index < -0.39 is 17.7 Å². The molecule has 0 amide bonds. The van der Waals surface area contributed by atoms with Crippen molar-refractivity contribution in [2.75, 3.05) is 0 Å². The molecule has 0 aromatic heterocycles. The Morgan fingerprint density at radius 2 is 1.43 bits per heavy atom. The topological polar surface area (TPSA) is 52.6 Å². The number of ether oxygens (including phenoxy) is 2. The number of rotatable bonds is 1. The van der Waals surface area contributed by atoms with Gasteiger partial charge in [0.1, 0.15) is 5.57 Å². The zero-order valence-electron chi connectivity index (χ0n) is 12.6. The summed E-state index contributed by atoms with van der Waals surface area (Å²) >= 11 is 0. The number of carbonyl (C=O) groups excluding carboxylic acids is 2. The van der Waals surface area contributed by atoms with Gasteiger partial charge in [0.05, 0.1) is 0 Å². The van der Waals surface area contributed by atoms with Crippen LogP contribution in [0.15, 0.2) is 11.6 Å². The van der Waals surface area contributed by atoms with Gasteiger partial charge < -0.3 is 9.47 Å². The van der Waals surface area contributed by atoms with Gasteiger partial charge in [-0.05, 0) is 62.7 Å². The van der Waals surface area contributed by atoms with E-state index in [1.165, 1.54) is 38.2 Å². The van der Waals surface area contributed by atoms with Crippen LogP contribution in [0.2, 0.25) is 0 Å². The van der Waals surface area contributed by atoms with Crippen LogP contribution in [0.25, 0.3) is 0 Å². The van der Waals surface area contributed by atoms with Gasteiger partial charge in [-0.1, -0.05) is 6.08 Å². The molecule has 4 heteroatoms. The Bertz CT molecular complexity index is 485. The van der Waals surface area contributed by atoms with Crippen molar-refractivity contribution in [3.8, 4) is 0 Å². The molecule has 4 nitrogen and oxygen atoms in total. The first-order chi connectivity index (χ1) is 10.00. The highest BCUT2D eigenvalue weighted by Gasteiger charge is 2.59. The molecule has 1 heterocycles. The Hall–Kier alpha value is -1.32. The Morgan fingerprint density at radius 3 is 1.86 bits per heavy atom. The van der Waals surface area contributed by atoms with Crippen LogP contribution >= 0.6 is 0 Å². The van der Waals surface area contributed by atoms with Crippen LogP contribution in [0, 0.1) is 29.6 Å². The van der Waals surface area contributed by atoms with E-state index in [1.54, 1.807) is 13.8 Å². The van der Waals surface area contributed by atoms with E-state index in [0.717, 1.165) is 11.8 Å². The largest absolute Gasteiger partial charge is 0.419 e. The molecule has 0 unspecified atom stereocenters. The van der Waals surface area contributed by atoms with Gasteiger partial charge in [0, 0.05) is 12.8 Å². The maximum atomic E-state index is 12.1. The van der Waals surface area contributed by atoms with Crippen LogP contribution in [0.3, 0.4) is 0 Å². The third-order valence-electron chi connectivity index (χ3n) is 6.15. The minimum atomic E-state index is -1.07. The van der Waals surface area contributed by atoms with E-state index in [-0.39, 0.29) is 11.5 Å². The molecular weight excluding hydrogens is 268 g/mol. The molecule has 114 valence electrons. The second-order valence-corrected chi connectivity index (χ2v) is 7.45. The lowest BCUT2D eigenvalue weighted by Crippen LogP contribution is -2.59. The standard InChI is InChI=1S/C17H22O4/c1-3-13-15(18)20-17(2,21-16(13)19)14-11-5-9-4-10(7-11)8-12(14)6-9/h3,9-12,14H,4-8H2,1-2H3. The average molecular weight is 290 g/mol. The molecule has 0 N–H and O–H groups in total. The predicted molar refractivity (Wildman–Crippen MR) is 74.9 cm³/mol. The van der Waals surface area contributed by atoms with Gasteiger partial charge in [0.2, 0.25) is 0 Å². The molecule has 5 fully saturated rings. The quantitative estimate of drug-likeness (QED) is 0.423. The van der Waals surface area contributed by atoms with Crippen molar-refractivity contribution in [1.82, 2.24) is 0 Å². The Morgan fingerprint density at radius 1 is 0.952 bits per heavy atom. The van der Waals surface area contributed by atoms with Crippen molar-refractivity contribution in [2.24, 2.45) is 29.6 Å². The molecule has 0 aromatic rings. The molecule has 21 heavy (non-hydrogen) atoms. The molecule has 4 aliphatic carbocycles. The van der Waals surface area contributed by atoms with Gasteiger partial charge in [-0.2, -0.15) is 0 Å². The normalized spacial score (nSPS) is 48.1. The molecule has 0 aromatic carbocycles. The van der Waals surface area contributed by atoms with Crippen molar-refractivity contribution in [3.63, 3.8) is 0 Å². The highest BCUT2D eigenvalue weighted by molar-refractivity contribution is 6.15. The van der Waals surface area contributed by atoms with Crippen molar-refractivity contribution in [1.29, 1.82) is 0 Å². The summed E-state index contributed by atoms with van der Waals surface area (Å²) in [6, 6.07) is 0. The number of allylic oxidation sites excluding steroid dienone is 1. The Labute approximate surface area is 124 Å². The molecule has 4 bridgehead atoms. The third-order valence-corrected chi connectivity index (χ3v) is 6.15. The summed E-state index contributed by atoms with van der Waals surface area (Å²) < 4.78 is 11.2. The molecule has 5 aliphatic rings. The average Bonchev–Trinajstić information content (AvgIpc) is 2.36. The minimum Gasteiger partial charge on any atom is -0.419 e. The SMILES string of the molecule is CC=C1C(=O)OC(C)(C2C3CC4CC(C3)CC2C4)OC1=O. The number of hydrogen-bond acceptors (Lipinski definition) is 4. The Kier molecular flexibility index (Phi) is 2.76. The summed E-state index contributed by atoms with van der Waals surface area (Å²) in [7, 11) is 0. The number of cyclic esters (lactones) is 2. The van der Waals surface area contributed by atoms with Crippen molar-refractivity contribution in [3.05, 3.63) is 11.6 Å². The van der Waals surface area contributed by atoms with E-state index >= 15 is 0 Å². The van der Waals surface area contributed by atoms with Crippen molar-refractivity contribution in [2.45, 2.75) is 51.7 Å². The molecular formula is C17H22O4. The number of carbonyl (C=O) groups is 2. The minimum absolute atomic E-state index is 0.0243. The lowest BCUT2D eigenvalue weighted by atomic mass is 9.50. The summed E-state index contributed by atoms with van der Waals surface area (Å²) in [4.78, 5) is 24.2. The number of esters is 2. The predicted octanol–water partition coefficient (Wildman–Crippen LogP) is 2.82. The van der Waals surface area contributed by atoms with Crippen LogP contribution in [-0.2, 0) is 19.1 Å². The van der Waals surface area contributed by atoms with Crippen molar-refractivity contribution < 1.29 is 19.1 Å². The fourth-order valence-electron chi connectivity index (χ4n) is 5.74. The zero-order chi connectivity index (χ0) is 14.8. The van der Waals surface area contributed by atoms with E-state index in [4.69, 9.17) is 9.47 Å². The molecule has 0 spiro atoms. The van der Waals surface area contributed by atoms with Gasteiger partial charge in [-0.3, -0.25) is 0 Å². The fourth-order valence-corrected chi connectivity index (χ4v) is 5.74. The Balaban J connectivity index is 1.64. The maximum absolute atomic E-state index is 12.1. The summed E-state index contributed by atoms with van der Waals surface area (Å²) in [6.45, 7) is 3.45. The van der Waals surface area contributed by atoms with E-state index in [1.807, 2.05) is 0 Å². The second-order valence-electron chi connectivity index (χ2n) is 7.45. The molecule has 0 atom stereocenters. The van der Waals surface area contributed by atoms with Gasteiger partial charge >= 0.3 is 11.9 Å². The zero-order valence-corrected chi connectivity index (χ0v) is 12.6. The first-order valence-electron chi connectivity index (χ1n) is 8.13. The van der Waals surface area contributed by atoms with Crippen LogP contribution in [-0.4, -0.2) is 17.7 Å². The summed E-state index contributed by atoms with van der Waals surface area (Å²) in [5.74, 6) is 0.829. The first-order valence-corrected chi connectivity index (χ1v) is 8.13. The lowest BCUT2D eigenvalue weighted by Gasteiger charge is -2.58. The first kappa shape index (κ1) is 13.4. The second kappa shape index (κ2) is 4.34. The van der Waals surface area contributed by atoms with Gasteiger partial charge in [-0.15, -0.1) is 0 Å². The van der Waals surface area contributed by atoms with Crippen LogP contribution in [0.1, 0.15) is 46.0 Å². The fraction of sp³-hybridized carbons (Fsp3) is 0.765. The third kappa shape index (κ3) is 1.87. The van der Waals surface area contributed by atoms with Crippen LogP contribution in [0.5, 0.6) is 0 Å². The molecule has 0 radical (unpaired) electrons. The van der Waals surface area contributed by atoms with Gasteiger partial charge in [0.15, 0.2) is 0 Å². The molecule has 4 saturated carbocycles. The van der Waals surface area contributed by atoms with E-state index in [2.05, 4.69) is 0 Å². The highest BCUT2D eigenvalue weighted by atomic mass is 16.7. The van der Waals surface area contributed by atoms with Crippen LogP contribution in [0.4, 0.5) is 0 Å². The maximum Gasteiger partial charge on any atom is 0.348 e. The molecule has 1 saturated heterocycles. The summed E-state index contributed by atoms with van der Waals surface area (Å²) in [5, 5.41) is 0. The van der Waals surface area contributed by atoms with Crippen LogP contribution < -0.4 is 0 Å². The smallest absolute Gasteiger partial charge is 0.348 e. The number of hydrogen-bond donors (Lipinski definition) is 0. The van der Waals surface area contributed by atoms with E-state index in [9.17, 15) is 9.59 Å². The van der Waals surface area contributed by atoms with Gasteiger partial charge in [0.25, 0.3) is 5.79 Å². The lowest BCUT2D eigenvalue weighted by molar-refractivity contribution is -0.275. The van der Waals surface area contributed by atoms with Gasteiger partial charge in [-0.25, -0.2) is 9.59 Å². The summed E-state index contributed by atoms with van der Waals surface area (Å²) in [5.41, 5.74) is 0.0243. The summed E-state index contributed by atoms with van der Waals surface area (Å²) in [6.07, 6.45) is 7.68. The van der Waals surface area contributed by atoms with E-state index in [0.29, 0.717) is 11.8 Å². The van der Waals surface area contributed by atoms with Crippen molar-refractivity contribution >= 4 is 11.9 Å². The molecule has 1 aliphatic heterocycles. The monoisotopic (exact) mass is 290 g/mol.